The van der Waals surface area contributed by atoms with Crippen LogP contribution in [0.15, 0.2) is 89.8 Å². The largest absolute Gasteiger partial charge is 0.417 e. The maximum atomic E-state index is 13.5. The third kappa shape index (κ3) is 5.47. The molecular formula is C26H20ClF3N2O3S. The number of sulfonamides is 1. The van der Waals surface area contributed by atoms with Gasteiger partial charge in [0.15, 0.2) is 0 Å². The normalized spacial score (nSPS) is 11.9. The van der Waals surface area contributed by atoms with Gasteiger partial charge in [-0.3, -0.25) is 9.10 Å². The van der Waals surface area contributed by atoms with E-state index >= 15 is 0 Å². The van der Waals surface area contributed by atoms with Crippen LogP contribution in [0, 0.1) is 6.92 Å². The van der Waals surface area contributed by atoms with Crippen molar-refractivity contribution in [3.05, 3.63) is 101 Å². The Morgan fingerprint density at radius 3 is 2.25 bits per heavy atom. The van der Waals surface area contributed by atoms with Gasteiger partial charge in [-0.15, -0.1) is 0 Å². The lowest BCUT2D eigenvalue weighted by Crippen LogP contribution is -2.38. The second kappa shape index (κ2) is 9.83. The second-order valence-electron chi connectivity index (χ2n) is 8.10. The zero-order chi connectivity index (χ0) is 26.1. The van der Waals surface area contributed by atoms with Crippen LogP contribution in [0.1, 0.15) is 11.1 Å². The van der Waals surface area contributed by atoms with E-state index in [9.17, 15) is 26.4 Å². The summed E-state index contributed by atoms with van der Waals surface area (Å²) in [7, 11) is -4.41. The van der Waals surface area contributed by atoms with Crippen molar-refractivity contribution >= 4 is 49.7 Å². The maximum absolute atomic E-state index is 13.5. The van der Waals surface area contributed by atoms with E-state index in [1.54, 1.807) is 37.3 Å². The number of carbonyl (C=O) groups is 1. The molecule has 186 valence electrons. The van der Waals surface area contributed by atoms with Crippen molar-refractivity contribution in [2.45, 2.75) is 18.0 Å². The lowest BCUT2D eigenvalue weighted by Gasteiger charge is -2.25. The number of rotatable bonds is 6. The van der Waals surface area contributed by atoms with Crippen LogP contribution in [0.5, 0.6) is 0 Å². The first-order valence-electron chi connectivity index (χ1n) is 10.7. The summed E-state index contributed by atoms with van der Waals surface area (Å²) in [4.78, 5) is 12.8. The van der Waals surface area contributed by atoms with E-state index in [4.69, 9.17) is 11.6 Å². The van der Waals surface area contributed by atoms with E-state index in [2.05, 4.69) is 5.32 Å². The molecule has 10 heteroatoms. The SMILES string of the molecule is Cc1ccc(S(=O)(=O)N(CC(=O)Nc2ccc3ccccc3c2)c2ccc(Cl)c(C(F)(F)F)c2)cc1. The van der Waals surface area contributed by atoms with Crippen molar-refractivity contribution in [2.75, 3.05) is 16.2 Å². The number of halogens is 4. The van der Waals surface area contributed by atoms with Crippen LogP contribution in [0.25, 0.3) is 10.8 Å². The van der Waals surface area contributed by atoms with Gasteiger partial charge in [-0.25, -0.2) is 8.42 Å². The second-order valence-corrected chi connectivity index (χ2v) is 10.4. The molecule has 36 heavy (non-hydrogen) atoms. The quantitative estimate of drug-likeness (QED) is 0.302. The fourth-order valence-electron chi connectivity index (χ4n) is 3.64. The van der Waals surface area contributed by atoms with Gasteiger partial charge in [0.05, 0.1) is 21.2 Å². The average molecular weight is 533 g/mol. The van der Waals surface area contributed by atoms with Gasteiger partial charge in [0.25, 0.3) is 10.0 Å². The Balaban J connectivity index is 1.72. The molecule has 0 aliphatic heterocycles. The Morgan fingerprint density at radius 1 is 0.917 bits per heavy atom. The Kier molecular flexibility index (Phi) is 6.97. The summed E-state index contributed by atoms with van der Waals surface area (Å²) in [5.74, 6) is -0.732. The van der Waals surface area contributed by atoms with E-state index in [0.29, 0.717) is 16.1 Å². The monoisotopic (exact) mass is 532 g/mol. The third-order valence-corrected chi connectivity index (χ3v) is 7.59. The van der Waals surface area contributed by atoms with E-state index in [1.807, 2.05) is 24.3 Å². The summed E-state index contributed by atoms with van der Waals surface area (Å²) in [6, 6.07) is 21.1. The molecule has 0 saturated carbocycles. The van der Waals surface area contributed by atoms with Crippen molar-refractivity contribution in [3.63, 3.8) is 0 Å². The number of anilines is 2. The summed E-state index contributed by atoms with van der Waals surface area (Å²) in [5.41, 5.74) is -0.347. The molecular weight excluding hydrogens is 513 g/mol. The molecule has 0 bridgehead atoms. The molecule has 4 aromatic rings. The zero-order valence-electron chi connectivity index (χ0n) is 18.9. The predicted octanol–water partition coefficient (Wildman–Crippen LogP) is 6.65. The molecule has 0 radical (unpaired) electrons. The van der Waals surface area contributed by atoms with Gasteiger partial charge in [-0.2, -0.15) is 13.2 Å². The number of aryl methyl sites for hydroxylation is 1. The number of nitrogens with one attached hydrogen (secondary N) is 1. The van der Waals surface area contributed by atoms with Gasteiger partial charge >= 0.3 is 6.18 Å². The average Bonchev–Trinajstić information content (AvgIpc) is 2.82. The number of hydrogen-bond acceptors (Lipinski definition) is 3. The Labute approximate surface area is 211 Å². The van der Waals surface area contributed by atoms with Crippen LogP contribution in [-0.4, -0.2) is 20.9 Å². The Morgan fingerprint density at radius 2 is 1.58 bits per heavy atom. The number of hydrogen-bond donors (Lipinski definition) is 1. The lowest BCUT2D eigenvalue weighted by molar-refractivity contribution is -0.137. The highest BCUT2D eigenvalue weighted by atomic mass is 35.5. The van der Waals surface area contributed by atoms with Gasteiger partial charge < -0.3 is 5.32 Å². The lowest BCUT2D eigenvalue weighted by atomic mass is 10.1. The first-order valence-corrected chi connectivity index (χ1v) is 12.5. The predicted molar refractivity (Wildman–Crippen MR) is 135 cm³/mol. The van der Waals surface area contributed by atoms with Crippen LogP contribution >= 0.6 is 11.6 Å². The van der Waals surface area contributed by atoms with Crippen LogP contribution < -0.4 is 9.62 Å². The van der Waals surface area contributed by atoms with Crippen molar-refractivity contribution in [1.82, 2.24) is 0 Å². The Hall–Kier alpha value is -3.56. The summed E-state index contributed by atoms with van der Waals surface area (Å²) in [5, 5.41) is 3.84. The first kappa shape index (κ1) is 25.5. The van der Waals surface area contributed by atoms with Crippen LogP contribution in [0.2, 0.25) is 5.02 Å². The molecule has 0 fully saturated rings. The standard InChI is InChI=1S/C26H20ClF3N2O3S/c1-17-6-11-22(12-7-17)36(34,35)32(21-10-13-24(27)23(15-21)26(28,29)30)16-25(33)31-20-9-8-18-4-2-3-5-19(18)14-20/h2-15H,16H2,1H3,(H,31,33). The van der Waals surface area contributed by atoms with Gasteiger partial charge in [-0.05, 0) is 60.2 Å². The molecule has 0 spiro atoms. The van der Waals surface area contributed by atoms with Crippen molar-refractivity contribution < 1.29 is 26.4 Å². The fraction of sp³-hybridized carbons (Fsp3) is 0.115. The molecule has 0 aliphatic rings. The minimum absolute atomic E-state index is 0.171. The maximum Gasteiger partial charge on any atom is 0.417 e. The van der Waals surface area contributed by atoms with Gasteiger partial charge in [0, 0.05) is 5.69 Å². The molecule has 1 amide bonds. The number of fused-ring (bicyclic) bond motifs is 1. The molecule has 4 aromatic carbocycles. The van der Waals surface area contributed by atoms with E-state index in [1.165, 1.54) is 12.1 Å². The molecule has 0 atom stereocenters. The van der Waals surface area contributed by atoms with Gasteiger partial charge in [0.2, 0.25) is 5.91 Å². The van der Waals surface area contributed by atoms with Gasteiger partial charge in [-0.1, -0.05) is 59.6 Å². The van der Waals surface area contributed by atoms with Crippen LogP contribution in [0.3, 0.4) is 0 Å². The van der Waals surface area contributed by atoms with Gasteiger partial charge in [0.1, 0.15) is 6.54 Å². The molecule has 0 heterocycles. The summed E-state index contributed by atoms with van der Waals surface area (Å²) >= 11 is 5.73. The topological polar surface area (TPSA) is 66.5 Å². The fourth-order valence-corrected chi connectivity index (χ4v) is 5.27. The number of alkyl halides is 3. The van der Waals surface area contributed by atoms with E-state index in [-0.39, 0.29) is 10.6 Å². The molecule has 5 nitrogen and oxygen atoms in total. The first-order chi connectivity index (χ1) is 16.9. The highest BCUT2D eigenvalue weighted by Crippen LogP contribution is 2.38. The van der Waals surface area contributed by atoms with E-state index in [0.717, 1.165) is 28.5 Å². The van der Waals surface area contributed by atoms with E-state index < -0.39 is 39.2 Å². The third-order valence-electron chi connectivity index (χ3n) is 5.47. The van der Waals surface area contributed by atoms with Crippen molar-refractivity contribution in [1.29, 1.82) is 0 Å². The number of benzene rings is 4. The number of amides is 1. The molecule has 0 unspecified atom stereocenters. The van der Waals surface area contributed by atoms with Crippen molar-refractivity contribution in [3.8, 4) is 0 Å². The Bertz CT molecular complexity index is 1540. The molecule has 4 rings (SSSR count). The molecule has 0 aliphatic carbocycles. The minimum Gasteiger partial charge on any atom is -0.324 e. The summed E-state index contributed by atoms with van der Waals surface area (Å²) in [6.07, 6.45) is -4.82. The molecule has 0 saturated heterocycles. The molecule has 1 N–H and O–H groups in total. The van der Waals surface area contributed by atoms with Crippen LogP contribution in [-0.2, 0) is 21.0 Å². The number of nitrogens with zero attached hydrogens (tertiary/aromatic N) is 1. The number of carbonyl (C=O) groups excluding carboxylic acids is 1. The minimum atomic E-state index is -4.82. The summed E-state index contributed by atoms with van der Waals surface area (Å²) < 4.78 is 68.1. The zero-order valence-corrected chi connectivity index (χ0v) is 20.5. The highest BCUT2D eigenvalue weighted by Gasteiger charge is 2.35. The smallest absolute Gasteiger partial charge is 0.324 e. The highest BCUT2D eigenvalue weighted by molar-refractivity contribution is 7.92. The molecule has 0 aromatic heterocycles. The van der Waals surface area contributed by atoms with Crippen LogP contribution in [0.4, 0.5) is 24.5 Å². The summed E-state index contributed by atoms with van der Waals surface area (Å²) in [6.45, 7) is 1.00. The van der Waals surface area contributed by atoms with Crippen molar-refractivity contribution in [2.24, 2.45) is 0 Å².